The second-order valence-electron chi connectivity index (χ2n) is 5.94. The Bertz CT molecular complexity index is 653. The molecule has 0 aliphatic carbocycles. The highest BCUT2D eigenvalue weighted by Crippen LogP contribution is 2.31. The monoisotopic (exact) mass is 327 g/mol. The molecule has 1 aromatic heterocycles. The van der Waals surface area contributed by atoms with Crippen LogP contribution in [0, 0.1) is 0 Å². The number of anilines is 4. The molecule has 0 bridgehead atoms. The minimum Gasteiger partial charge on any atom is -0.393 e. The molecule has 1 aliphatic rings. The molecule has 7 heteroatoms. The Kier molecular flexibility index (Phi) is 5.12. The van der Waals surface area contributed by atoms with Gasteiger partial charge in [0.25, 0.3) is 0 Å². The number of nitrogens with two attached hydrogens (primary N) is 1. The molecular weight excluding hydrogens is 302 g/mol. The molecule has 0 amide bonds. The van der Waals surface area contributed by atoms with E-state index in [0.717, 1.165) is 44.2 Å². The molecule has 1 aliphatic heterocycles. The predicted molar refractivity (Wildman–Crippen MR) is 98.3 cm³/mol. The van der Waals surface area contributed by atoms with Gasteiger partial charge in [-0.15, -0.1) is 0 Å². The lowest BCUT2D eigenvalue weighted by Crippen LogP contribution is -2.47. The van der Waals surface area contributed by atoms with E-state index < -0.39 is 0 Å². The summed E-state index contributed by atoms with van der Waals surface area (Å²) in [6.45, 7) is 6.78. The van der Waals surface area contributed by atoms with Crippen molar-refractivity contribution in [2.75, 3.05) is 55.8 Å². The first-order valence-corrected chi connectivity index (χ1v) is 8.32. The van der Waals surface area contributed by atoms with E-state index >= 15 is 0 Å². The number of piperazine rings is 1. The predicted octanol–water partition coefficient (Wildman–Crippen LogP) is 1.79. The maximum absolute atomic E-state index is 6.38. The number of hydrazine groups is 1. The van der Waals surface area contributed by atoms with E-state index in [-0.39, 0.29) is 0 Å². The largest absolute Gasteiger partial charge is 0.393 e. The number of nitrogen functional groups attached to an aromatic ring is 1. The van der Waals surface area contributed by atoms with E-state index in [1.165, 1.54) is 0 Å². The number of hydrogen-bond acceptors (Lipinski definition) is 7. The van der Waals surface area contributed by atoms with Gasteiger partial charge in [-0.05, 0) is 26.1 Å². The first-order chi connectivity index (χ1) is 11.7. The fourth-order valence-electron chi connectivity index (χ4n) is 2.82. The van der Waals surface area contributed by atoms with E-state index in [9.17, 15) is 0 Å². The lowest BCUT2D eigenvalue weighted by molar-refractivity contribution is 0.178. The number of para-hydroxylation sites is 1. The van der Waals surface area contributed by atoms with Crippen LogP contribution in [0.15, 0.2) is 36.7 Å². The Morgan fingerprint density at radius 3 is 2.50 bits per heavy atom. The minimum absolute atomic E-state index is 0.571. The lowest BCUT2D eigenvalue weighted by atomic mass is 10.2. The van der Waals surface area contributed by atoms with Gasteiger partial charge in [-0.3, -0.25) is 0 Å². The standard InChI is InChI=1S/C17H25N7/c1-3-24(14-7-5-4-6-8-14)17-15(18)16(19-13-20-17)21-23-11-9-22(2)10-12-23/h4-8,13H,3,9-12,18H2,1-2H3,(H,19,20,21). The van der Waals surface area contributed by atoms with Gasteiger partial charge in [0.05, 0.1) is 0 Å². The summed E-state index contributed by atoms with van der Waals surface area (Å²) in [5, 5.41) is 2.15. The molecule has 2 aromatic rings. The minimum atomic E-state index is 0.571. The van der Waals surface area contributed by atoms with E-state index in [0.29, 0.717) is 11.5 Å². The summed E-state index contributed by atoms with van der Waals surface area (Å²) in [5.41, 5.74) is 11.4. The molecule has 0 atom stereocenters. The first-order valence-electron chi connectivity index (χ1n) is 8.32. The molecule has 1 fully saturated rings. The van der Waals surface area contributed by atoms with Crippen LogP contribution >= 0.6 is 0 Å². The molecule has 24 heavy (non-hydrogen) atoms. The third-order valence-electron chi connectivity index (χ3n) is 4.27. The summed E-state index contributed by atoms with van der Waals surface area (Å²) >= 11 is 0. The third kappa shape index (κ3) is 3.58. The molecule has 3 N–H and O–H groups in total. The zero-order valence-electron chi connectivity index (χ0n) is 14.3. The van der Waals surface area contributed by atoms with E-state index in [1.807, 2.05) is 18.2 Å². The Morgan fingerprint density at radius 2 is 1.83 bits per heavy atom. The van der Waals surface area contributed by atoms with Crippen molar-refractivity contribution in [2.45, 2.75) is 6.92 Å². The zero-order valence-corrected chi connectivity index (χ0v) is 14.3. The summed E-state index contributed by atoms with van der Waals surface area (Å²) in [7, 11) is 2.13. The van der Waals surface area contributed by atoms with Crippen molar-refractivity contribution in [1.82, 2.24) is 19.9 Å². The van der Waals surface area contributed by atoms with E-state index in [4.69, 9.17) is 5.73 Å². The van der Waals surface area contributed by atoms with Gasteiger partial charge in [-0.2, -0.15) is 0 Å². The van der Waals surface area contributed by atoms with Gasteiger partial charge in [0, 0.05) is 38.4 Å². The van der Waals surface area contributed by atoms with Gasteiger partial charge in [0.1, 0.15) is 12.0 Å². The molecule has 0 spiro atoms. The molecule has 1 saturated heterocycles. The normalized spacial score (nSPS) is 16.1. The van der Waals surface area contributed by atoms with Crippen LogP contribution in [0.3, 0.4) is 0 Å². The molecular formula is C17H25N7. The topological polar surface area (TPSA) is 73.6 Å². The van der Waals surface area contributed by atoms with Crippen molar-refractivity contribution in [3.63, 3.8) is 0 Å². The molecule has 0 unspecified atom stereocenters. The third-order valence-corrected chi connectivity index (χ3v) is 4.27. The van der Waals surface area contributed by atoms with Crippen LogP contribution in [-0.4, -0.2) is 59.6 Å². The fourth-order valence-corrected chi connectivity index (χ4v) is 2.82. The molecule has 3 rings (SSSR count). The van der Waals surface area contributed by atoms with Crippen LogP contribution < -0.4 is 16.1 Å². The van der Waals surface area contributed by atoms with Gasteiger partial charge in [-0.25, -0.2) is 15.0 Å². The van der Waals surface area contributed by atoms with Gasteiger partial charge < -0.3 is 21.0 Å². The molecule has 1 aromatic carbocycles. The zero-order chi connectivity index (χ0) is 16.9. The number of nitrogens with zero attached hydrogens (tertiary/aromatic N) is 5. The van der Waals surface area contributed by atoms with Crippen molar-refractivity contribution >= 4 is 23.0 Å². The van der Waals surface area contributed by atoms with Crippen molar-refractivity contribution in [3.05, 3.63) is 36.7 Å². The smallest absolute Gasteiger partial charge is 0.169 e. The van der Waals surface area contributed by atoms with Gasteiger partial charge >= 0.3 is 0 Å². The Morgan fingerprint density at radius 1 is 1.12 bits per heavy atom. The Hall–Kier alpha value is -2.38. The molecule has 0 saturated carbocycles. The SMILES string of the molecule is CCN(c1ccccc1)c1ncnc(NN2CCN(C)CC2)c1N. The average Bonchev–Trinajstić information content (AvgIpc) is 2.61. The number of aromatic nitrogens is 2. The quantitative estimate of drug-likeness (QED) is 0.867. The molecule has 0 radical (unpaired) electrons. The molecule has 2 heterocycles. The van der Waals surface area contributed by atoms with Crippen LogP contribution in [-0.2, 0) is 0 Å². The number of likely N-dealkylation sites (N-methyl/N-ethyl adjacent to an activating group) is 1. The summed E-state index contributed by atoms with van der Waals surface area (Å²) in [4.78, 5) is 13.1. The summed E-state index contributed by atoms with van der Waals surface area (Å²) < 4.78 is 0. The number of benzene rings is 1. The van der Waals surface area contributed by atoms with Crippen molar-refractivity contribution in [2.24, 2.45) is 0 Å². The summed E-state index contributed by atoms with van der Waals surface area (Å²) in [6, 6.07) is 10.1. The van der Waals surface area contributed by atoms with E-state index in [1.54, 1.807) is 6.33 Å². The van der Waals surface area contributed by atoms with Crippen LogP contribution in [0.5, 0.6) is 0 Å². The van der Waals surface area contributed by atoms with Crippen LogP contribution in [0.1, 0.15) is 6.92 Å². The maximum atomic E-state index is 6.38. The highest BCUT2D eigenvalue weighted by Gasteiger charge is 2.19. The Balaban J connectivity index is 1.82. The second kappa shape index (κ2) is 7.46. The highest BCUT2D eigenvalue weighted by atomic mass is 15.5. The number of nitrogens with one attached hydrogen (secondary N) is 1. The number of rotatable bonds is 5. The van der Waals surface area contributed by atoms with Gasteiger partial charge in [0.2, 0.25) is 0 Å². The number of hydrogen-bond donors (Lipinski definition) is 2. The van der Waals surface area contributed by atoms with Crippen LogP contribution in [0.25, 0.3) is 0 Å². The van der Waals surface area contributed by atoms with Crippen LogP contribution in [0.2, 0.25) is 0 Å². The van der Waals surface area contributed by atoms with E-state index in [2.05, 4.69) is 56.3 Å². The average molecular weight is 327 g/mol. The molecule has 128 valence electrons. The lowest BCUT2D eigenvalue weighted by Gasteiger charge is -2.33. The second-order valence-corrected chi connectivity index (χ2v) is 5.94. The highest BCUT2D eigenvalue weighted by molar-refractivity contribution is 5.78. The molecule has 7 nitrogen and oxygen atoms in total. The van der Waals surface area contributed by atoms with Crippen molar-refractivity contribution < 1.29 is 0 Å². The summed E-state index contributed by atoms with van der Waals surface area (Å²) in [5.74, 6) is 1.40. The van der Waals surface area contributed by atoms with Gasteiger partial charge in [-0.1, -0.05) is 18.2 Å². The van der Waals surface area contributed by atoms with Crippen LogP contribution in [0.4, 0.5) is 23.0 Å². The maximum Gasteiger partial charge on any atom is 0.169 e. The summed E-state index contributed by atoms with van der Waals surface area (Å²) in [6.07, 6.45) is 1.57. The van der Waals surface area contributed by atoms with Crippen molar-refractivity contribution in [3.8, 4) is 0 Å². The first kappa shape index (κ1) is 16.5. The Labute approximate surface area is 143 Å². The van der Waals surface area contributed by atoms with Gasteiger partial charge in [0.15, 0.2) is 11.6 Å². The van der Waals surface area contributed by atoms with Crippen molar-refractivity contribution in [1.29, 1.82) is 0 Å². The fraction of sp³-hybridized carbons (Fsp3) is 0.412.